The van der Waals surface area contributed by atoms with Crippen molar-refractivity contribution in [3.63, 3.8) is 0 Å². The lowest BCUT2D eigenvalue weighted by Gasteiger charge is -2.15. The van der Waals surface area contributed by atoms with E-state index in [9.17, 15) is 31.4 Å². The Morgan fingerprint density at radius 1 is 1.03 bits per heavy atom. The van der Waals surface area contributed by atoms with Crippen molar-refractivity contribution in [2.45, 2.75) is 19.3 Å². The largest absolute Gasteiger partial charge is 0.573 e. The molecule has 0 fully saturated rings. The summed E-state index contributed by atoms with van der Waals surface area (Å²) >= 11 is 0. The highest BCUT2D eigenvalue weighted by Gasteiger charge is 2.31. The van der Waals surface area contributed by atoms with Gasteiger partial charge in [0.1, 0.15) is 11.6 Å². The number of alkyl halides is 3. The highest BCUT2D eigenvalue weighted by Crippen LogP contribution is 2.30. The number of hydrogen-bond donors (Lipinski definition) is 3. The van der Waals surface area contributed by atoms with Crippen molar-refractivity contribution in [2.75, 3.05) is 17.2 Å². The van der Waals surface area contributed by atoms with E-state index in [0.717, 1.165) is 18.2 Å². The van der Waals surface area contributed by atoms with Gasteiger partial charge in [-0.2, -0.15) is 4.98 Å². The van der Waals surface area contributed by atoms with Gasteiger partial charge in [0.25, 0.3) is 0 Å². The summed E-state index contributed by atoms with van der Waals surface area (Å²) < 4.78 is 82.3. The lowest BCUT2D eigenvalue weighted by atomic mass is 10.1. The Labute approximate surface area is 177 Å². The Morgan fingerprint density at radius 2 is 1.78 bits per heavy atom. The van der Waals surface area contributed by atoms with Crippen LogP contribution in [0.15, 0.2) is 42.5 Å². The van der Waals surface area contributed by atoms with Gasteiger partial charge < -0.3 is 20.5 Å². The second-order valence-electron chi connectivity index (χ2n) is 6.61. The molecule has 12 heteroatoms. The molecule has 0 aliphatic carbocycles. The number of hydrogen-bond acceptors (Lipinski definition) is 6. The Hall–Kier alpha value is -3.54. The highest BCUT2D eigenvalue weighted by atomic mass is 19.4. The second kappa shape index (κ2) is 9.30. The fourth-order valence-electron chi connectivity index (χ4n) is 2.60. The van der Waals surface area contributed by atoms with Crippen LogP contribution in [0.1, 0.15) is 6.92 Å². The molecule has 6 nitrogen and oxygen atoms in total. The van der Waals surface area contributed by atoms with Crippen molar-refractivity contribution < 1.29 is 36.2 Å². The summed E-state index contributed by atoms with van der Waals surface area (Å²) in [5, 5.41) is 14.5. The van der Waals surface area contributed by atoms with Gasteiger partial charge in [0.2, 0.25) is 5.95 Å². The van der Waals surface area contributed by atoms with Crippen LogP contribution in [0.4, 0.5) is 43.8 Å². The number of aliphatic hydroxyl groups excluding tert-OH is 1. The molecule has 32 heavy (non-hydrogen) atoms. The Morgan fingerprint density at radius 3 is 2.47 bits per heavy atom. The number of halogens is 6. The molecular formula is C20H16F6N4O2. The van der Waals surface area contributed by atoms with Crippen molar-refractivity contribution in [1.29, 1.82) is 0 Å². The summed E-state index contributed by atoms with van der Waals surface area (Å²) in [6.07, 6.45) is -4.90. The number of ether oxygens (including phenoxy) is 1. The Bertz CT molecular complexity index is 1110. The predicted octanol–water partition coefficient (Wildman–Crippen LogP) is 5.00. The van der Waals surface area contributed by atoms with E-state index in [4.69, 9.17) is 0 Å². The molecule has 0 amide bonds. The zero-order chi connectivity index (χ0) is 23.5. The zero-order valence-electron chi connectivity index (χ0n) is 16.3. The average molecular weight is 458 g/mol. The average Bonchev–Trinajstić information content (AvgIpc) is 2.73. The molecule has 0 unspecified atom stereocenters. The molecular weight excluding hydrogens is 442 g/mol. The van der Waals surface area contributed by atoms with Gasteiger partial charge in [-0.05, 0) is 31.2 Å². The van der Waals surface area contributed by atoms with Crippen molar-refractivity contribution in [1.82, 2.24) is 9.97 Å². The van der Waals surface area contributed by atoms with Gasteiger partial charge in [-0.1, -0.05) is 12.1 Å². The number of anilines is 3. The first-order chi connectivity index (χ1) is 15.1. The molecule has 1 atom stereocenters. The first-order valence-corrected chi connectivity index (χ1v) is 9.09. The molecule has 0 aliphatic rings. The Kier molecular flexibility index (Phi) is 6.72. The molecule has 1 heterocycles. The van der Waals surface area contributed by atoms with Crippen LogP contribution in [0.3, 0.4) is 0 Å². The van der Waals surface area contributed by atoms with Gasteiger partial charge in [0.15, 0.2) is 17.5 Å². The quantitative estimate of drug-likeness (QED) is 0.342. The van der Waals surface area contributed by atoms with E-state index < -0.39 is 41.3 Å². The van der Waals surface area contributed by atoms with E-state index >= 15 is 0 Å². The lowest BCUT2D eigenvalue weighted by molar-refractivity contribution is -0.274. The first-order valence-electron chi connectivity index (χ1n) is 9.09. The van der Waals surface area contributed by atoms with Crippen molar-refractivity contribution in [3.05, 3.63) is 59.9 Å². The van der Waals surface area contributed by atoms with Gasteiger partial charge in [0, 0.05) is 17.7 Å². The molecule has 3 N–H and O–H groups in total. The summed E-state index contributed by atoms with van der Waals surface area (Å²) in [4.78, 5) is 8.27. The van der Waals surface area contributed by atoms with Crippen LogP contribution in [-0.2, 0) is 0 Å². The summed E-state index contributed by atoms with van der Waals surface area (Å²) in [5.41, 5.74) is -0.128. The summed E-state index contributed by atoms with van der Waals surface area (Å²) in [7, 11) is 0. The zero-order valence-corrected chi connectivity index (χ0v) is 16.3. The van der Waals surface area contributed by atoms with Gasteiger partial charge in [-0.15, -0.1) is 13.2 Å². The van der Waals surface area contributed by atoms with E-state index in [2.05, 4.69) is 25.3 Å². The van der Waals surface area contributed by atoms with Gasteiger partial charge in [-0.25, -0.2) is 18.2 Å². The van der Waals surface area contributed by atoms with Crippen molar-refractivity contribution >= 4 is 17.5 Å². The van der Waals surface area contributed by atoms with Crippen LogP contribution in [0.2, 0.25) is 0 Å². The molecule has 1 aromatic heterocycles. The summed E-state index contributed by atoms with van der Waals surface area (Å²) in [6, 6.07) is 7.37. The van der Waals surface area contributed by atoms with E-state index in [1.165, 1.54) is 18.2 Å². The van der Waals surface area contributed by atoms with Gasteiger partial charge in [0.05, 0.1) is 18.0 Å². The van der Waals surface area contributed by atoms with Crippen molar-refractivity contribution in [2.24, 2.45) is 0 Å². The molecule has 0 radical (unpaired) electrons. The SMILES string of the molecule is C[C@@H](CO)Nc1nc(Nc2ccc(F)c(F)c2F)cc(-c2cccc(OC(F)(F)F)c2)n1. The number of aliphatic hydroxyl groups is 1. The van der Waals surface area contributed by atoms with Crippen LogP contribution in [-0.4, -0.2) is 34.1 Å². The number of rotatable bonds is 7. The van der Waals surface area contributed by atoms with E-state index in [-0.39, 0.29) is 29.6 Å². The minimum absolute atomic E-state index is 0.0586. The highest BCUT2D eigenvalue weighted by molar-refractivity contribution is 5.68. The minimum atomic E-state index is -4.90. The first kappa shape index (κ1) is 23.1. The maximum Gasteiger partial charge on any atom is 0.573 e. The normalized spacial score (nSPS) is 12.4. The van der Waals surface area contributed by atoms with Gasteiger partial charge >= 0.3 is 6.36 Å². The summed E-state index contributed by atoms with van der Waals surface area (Å²) in [5.74, 6) is -5.17. The summed E-state index contributed by atoms with van der Waals surface area (Å²) in [6.45, 7) is 1.32. The lowest BCUT2D eigenvalue weighted by Crippen LogP contribution is -2.21. The van der Waals surface area contributed by atoms with Crippen LogP contribution < -0.4 is 15.4 Å². The molecule has 0 saturated carbocycles. The van der Waals surface area contributed by atoms with E-state index in [1.807, 2.05) is 0 Å². The number of benzene rings is 2. The third kappa shape index (κ3) is 5.78. The van der Waals surface area contributed by atoms with Crippen LogP contribution in [0.25, 0.3) is 11.3 Å². The maximum absolute atomic E-state index is 14.1. The third-order valence-electron chi connectivity index (χ3n) is 4.04. The van der Waals surface area contributed by atoms with E-state index in [1.54, 1.807) is 6.92 Å². The number of aromatic nitrogens is 2. The van der Waals surface area contributed by atoms with Crippen LogP contribution in [0, 0.1) is 17.5 Å². The molecule has 0 saturated heterocycles. The second-order valence-corrected chi connectivity index (χ2v) is 6.61. The maximum atomic E-state index is 14.1. The number of nitrogens with zero attached hydrogens (tertiary/aromatic N) is 2. The standard InChI is InChI=1S/C20H16F6N4O2/c1-10(9-31)27-19-29-15(11-3-2-4-12(7-11)32-20(24,25)26)8-16(30-19)28-14-6-5-13(21)17(22)18(14)23/h2-8,10,31H,9H2,1H3,(H2,27,28,29,30)/t10-/m0/s1. The predicted molar refractivity (Wildman–Crippen MR) is 104 cm³/mol. The minimum Gasteiger partial charge on any atom is -0.406 e. The van der Waals surface area contributed by atoms with Crippen molar-refractivity contribution in [3.8, 4) is 17.0 Å². The fraction of sp³-hybridized carbons (Fsp3) is 0.200. The van der Waals surface area contributed by atoms with E-state index in [0.29, 0.717) is 6.07 Å². The Balaban J connectivity index is 2.02. The third-order valence-corrected chi connectivity index (χ3v) is 4.04. The molecule has 0 aliphatic heterocycles. The number of nitrogens with one attached hydrogen (secondary N) is 2. The molecule has 3 aromatic rings. The monoisotopic (exact) mass is 458 g/mol. The van der Waals surface area contributed by atoms with Crippen LogP contribution in [0.5, 0.6) is 5.75 Å². The molecule has 170 valence electrons. The molecule has 0 spiro atoms. The molecule has 3 rings (SSSR count). The fourth-order valence-corrected chi connectivity index (χ4v) is 2.60. The molecule has 0 bridgehead atoms. The van der Waals surface area contributed by atoms with Gasteiger partial charge in [-0.3, -0.25) is 0 Å². The molecule has 2 aromatic carbocycles. The topological polar surface area (TPSA) is 79.3 Å². The smallest absolute Gasteiger partial charge is 0.406 e. The van der Waals surface area contributed by atoms with Crippen LogP contribution >= 0.6 is 0 Å².